The highest BCUT2D eigenvalue weighted by molar-refractivity contribution is 8.18. The lowest BCUT2D eigenvalue weighted by Crippen LogP contribution is -2.23. The molecule has 1 saturated heterocycles. The minimum Gasteiger partial charge on any atom is -0.493 e. The van der Waals surface area contributed by atoms with Crippen LogP contribution in [-0.2, 0) is 4.79 Å². The van der Waals surface area contributed by atoms with Gasteiger partial charge in [0.05, 0.1) is 31.9 Å². The van der Waals surface area contributed by atoms with Crippen molar-refractivity contribution in [2.24, 2.45) is 4.99 Å². The quantitative estimate of drug-likeness (QED) is 0.706. The van der Waals surface area contributed by atoms with E-state index >= 15 is 0 Å². The van der Waals surface area contributed by atoms with Gasteiger partial charge in [0.15, 0.2) is 16.7 Å². The predicted molar refractivity (Wildman–Crippen MR) is 108 cm³/mol. The Morgan fingerprint density at radius 1 is 1.15 bits per heavy atom. The molecule has 1 amide bonds. The molecule has 1 aromatic carbocycles. The molecule has 0 unspecified atom stereocenters. The van der Waals surface area contributed by atoms with E-state index in [1.54, 1.807) is 46.6 Å². The summed E-state index contributed by atoms with van der Waals surface area (Å²) < 4.78 is 16.1. The Morgan fingerprint density at radius 3 is 2.33 bits per heavy atom. The molecule has 1 fully saturated rings. The molecule has 0 spiro atoms. The molecule has 3 rings (SSSR count). The van der Waals surface area contributed by atoms with Gasteiger partial charge in [0.1, 0.15) is 0 Å². The SMILES string of the molecule is COc1cc(/C=C2\S/C(=N/c3nc(C)cs3)N(C)C2=O)cc(OC)c1OC. The van der Waals surface area contributed by atoms with Gasteiger partial charge in [0.2, 0.25) is 10.9 Å². The monoisotopic (exact) mass is 405 g/mol. The van der Waals surface area contributed by atoms with E-state index in [4.69, 9.17) is 14.2 Å². The number of aliphatic imine (C=N–C) groups is 1. The number of aryl methyl sites for hydroxylation is 1. The number of methoxy groups -OCH3 is 3. The Kier molecular flexibility index (Phi) is 5.71. The first-order valence-corrected chi connectivity index (χ1v) is 9.65. The van der Waals surface area contributed by atoms with Crippen molar-refractivity contribution in [3.05, 3.63) is 33.7 Å². The number of hydrogen-bond acceptors (Lipinski definition) is 8. The van der Waals surface area contributed by atoms with Gasteiger partial charge >= 0.3 is 0 Å². The normalized spacial score (nSPS) is 17.1. The number of thioether (sulfide) groups is 1. The van der Waals surface area contributed by atoms with Gasteiger partial charge in [-0.25, -0.2) is 4.98 Å². The third-order valence-electron chi connectivity index (χ3n) is 3.79. The third kappa shape index (κ3) is 3.93. The second-order valence-corrected chi connectivity index (χ2v) is 7.44. The van der Waals surface area contributed by atoms with Gasteiger partial charge in [-0.15, -0.1) is 11.3 Å². The Labute approximate surface area is 165 Å². The first kappa shape index (κ1) is 19.2. The highest BCUT2D eigenvalue weighted by Gasteiger charge is 2.31. The molecule has 1 aliphatic rings. The van der Waals surface area contributed by atoms with E-state index in [0.717, 1.165) is 11.3 Å². The van der Waals surface area contributed by atoms with Gasteiger partial charge in [-0.05, 0) is 42.5 Å². The lowest BCUT2D eigenvalue weighted by molar-refractivity contribution is -0.121. The summed E-state index contributed by atoms with van der Waals surface area (Å²) in [6.07, 6.45) is 1.78. The van der Waals surface area contributed by atoms with E-state index in [1.165, 1.54) is 28.0 Å². The number of amides is 1. The average Bonchev–Trinajstić information content (AvgIpc) is 3.19. The first-order chi connectivity index (χ1) is 13.0. The number of thiazole rings is 1. The zero-order chi connectivity index (χ0) is 19.6. The number of benzene rings is 1. The number of hydrogen-bond donors (Lipinski definition) is 0. The highest BCUT2D eigenvalue weighted by atomic mass is 32.2. The predicted octanol–water partition coefficient (Wildman–Crippen LogP) is 3.71. The maximum atomic E-state index is 12.6. The maximum Gasteiger partial charge on any atom is 0.266 e. The summed E-state index contributed by atoms with van der Waals surface area (Å²) in [7, 11) is 6.36. The van der Waals surface area contributed by atoms with Crippen LogP contribution in [0.25, 0.3) is 6.08 Å². The van der Waals surface area contributed by atoms with Gasteiger partial charge in [-0.2, -0.15) is 4.99 Å². The molecular formula is C18H19N3O4S2. The summed E-state index contributed by atoms with van der Waals surface area (Å²) in [6.45, 7) is 1.91. The zero-order valence-electron chi connectivity index (χ0n) is 15.6. The minimum atomic E-state index is -0.124. The second-order valence-electron chi connectivity index (χ2n) is 5.60. The largest absolute Gasteiger partial charge is 0.493 e. The summed E-state index contributed by atoms with van der Waals surface area (Å²) in [5.41, 5.74) is 1.67. The van der Waals surface area contributed by atoms with Gasteiger partial charge < -0.3 is 14.2 Å². The maximum absolute atomic E-state index is 12.6. The second kappa shape index (κ2) is 8.01. The molecule has 0 aliphatic carbocycles. The van der Waals surface area contributed by atoms with Crippen molar-refractivity contribution in [1.82, 2.24) is 9.88 Å². The number of aromatic nitrogens is 1. The molecule has 1 aromatic heterocycles. The lowest BCUT2D eigenvalue weighted by Gasteiger charge is -2.13. The average molecular weight is 406 g/mol. The van der Waals surface area contributed by atoms with Gasteiger partial charge in [-0.1, -0.05) is 0 Å². The van der Waals surface area contributed by atoms with Gasteiger partial charge in [0, 0.05) is 12.4 Å². The van der Waals surface area contributed by atoms with Crippen LogP contribution in [0.3, 0.4) is 0 Å². The molecule has 0 N–H and O–H groups in total. The molecule has 0 radical (unpaired) electrons. The van der Waals surface area contributed by atoms with Gasteiger partial charge in [0.25, 0.3) is 5.91 Å². The van der Waals surface area contributed by atoms with Crippen molar-refractivity contribution < 1.29 is 19.0 Å². The molecule has 9 heteroatoms. The van der Waals surface area contributed by atoms with E-state index in [2.05, 4.69) is 9.98 Å². The fraction of sp³-hybridized carbons (Fsp3) is 0.278. The van der Waals surface area contributed by atoms with Crippen LogP contribution in [0.2, 0.25) is 0 Å². The topological polar surface area (TPSA) is 73.3 Å². The van der Waals surface area contributed by atoms with Crippen LogP contribution < -0.4 is 14.2 Å². The Morgan fingerprint density at radius 2 is 1.81 bits per heavy atom. The standard InChI is InChI=1S/C18H19N3O4S2/c1-10-9-26-17(19-10)20-18-21(2)16(22)14(27-18)8-11-6-12(23-3)15(25-5)13(7-11)24-4/h6-9H,1-5H3/b14-8-,20-18+. The summed E-state index contributed by atoms with van der Waals surface area (Å²) in [4.78, 5) is 23.5. The molecule has 142 valence electrons. The Balaban J connectivity index is 1.95. The number of rotatable bonds is 5. The molecule has 1 aliphatic heterocycles. The van der Waals surface area contributed by atoms with Crippen LogP contribution in [-0.4, -0.2) is 49.3 Å². The smallest absolute Gasteiger partial charge is 0.266 e. The minimum absolute atomic E-state index is 0.124. The van der Waals surface area contributed by atoms with Crippen LogP contribution in [0.5, 0.6) is 17.2 Å². The molecule has 0 saturated carbocycles. The fourth-order valence-electron chi connectivity index (χ4n) is 2.46. The van der Waals surface area contributed by atoms with E-state index in [1.807, 2.05) is 12.3 Å². The number of amidine groups is 1. The first-order valence-electron chi connectivity index (χ1n) is 7.95. The number of carbonyl (C=O) groups is 1. The van der Waals surface area contributed by atoms with Crippen LogP contribution in [0, 0.1) is 6.92 Å². The number of carbonyl (C=O) groups excluding carboxylic acids is 1. The van der Waals surface area contributed by atoms with Crippen molar-refractivity contribution >= 4 is 45.4 Å². The summed E-state index contributed by atoms with van der Waals surface area (Å²) >= 11 is 2.75. The van der Waals surface area contributed by atoms with Gasteiger partial charge in [-0.3, -0.25) is 9.69 Å². The fourth-order valence-corrected chi connectivity index (χ4v) is 4.15. The summed E-state index contributed by atoms with van der Waals surface area (Å²) in [5, 5.41) is 3.14. The van der Waals surface area contributed by atoms with Crippen LogP contribution in [0.1, 0.15) is 11.3 Å². The Hall–Kier alpha value is -2.52. The van der Waals surface area contributed by atoms with Crippen molar-refractivity contribution in [2.75, 3.05) is 28.4 Å². The molecule has 2 heterocycles. The molecule has 2 aromatic rings. The highest BCUT2D eigenvalue weighted by Crippen LogP contribution is 2.40. The van der Waals surface area contributed by atoms with Crippen molar-refractivity contribution in [2.45, 2.75) is 6.92 Å². The molecule has 0 atom stereocenters. The Bertz CT molecular complexity index is 911. The zero-order valence-corrected chi connectivity index (χ0v) is 17.2. The lowest BCUT2D eigenvalue weighted by atomic mass is 10.1. The number of likely N-dealkylation sites (N-methyl/N-ethyl adjacent to an activating group) is 1. The van der Waals surface area contributed by atoms with Crippen LogP contribution in [0.15, 0.2) is 27.4 Å². The summed E-state index contributed by atoms with van der Waals surface area (Å²) in [6, 6.07) is 3.59. The molecule has 0 bridgehead atoms. The third-order valence-corrected chi connectivity index (χ3v) is 5.70. The van der Waals surface area contributed by atoms with E-state index < -0.39 is 0 Å². The summed E-state index contributed by atoms with van der Waals surface area (Å²) in [5.74, 6) is 1.44. The van der Waals surface area contributed by atoms with E-state index in [9.17, 15) is 4.79 Å². The van der Waals surface area contributed by atoms with Crippen molar-refractivity contribution in [3.63, 3.8) is 0 Å². The molecule has 27 heavy (non-hydrogen) atoms. The molecule has 7 nitrogen and oxygen atoms in total. The van der Waals surface area contributed by atoms with E-state index in [-0.39, 0.29) is 5.91 Å². The van der Waals surface area contributed by atoms with E-state index in [0.29, 0.717) is 32.5 Å². The molecular weight excluding hydrogens is 386 g/mol. The van der Waals surface area contributed by atoms with Crippen molar-refractivity contribution in [1.29, 1.82) is 0 Å². The van der Waals surface area contributed by atoms with Crippen LogP contribution >= 0.6 is 23.1 Å². The van der Waals surface area contributed by atoms with Crippen LogP contribution in [0.4, 0.5) is 5.13 Å². The number of ether oxygens (including phenoxy) is 3. The van der Waals surface area contributed by atoms with Crippen molar-refractivity contribution in [3.8, 4) is 17.2 Å². The number of nitrogens with zero attached hydrogens (tertiary/aromatic N) is 3.